The minimum Gasteiger partial charge on any atom is -0.478 e. The second-order valence-electron chi connectivity index (χ2n) is 9.52. The largest absolute Gasteiger partial charge is 0.478 e. The van der Waals surface area contributed by atoms with E-state index in [0.717, 1.165) is 12.1 Å². The predicted octanol–water partition coefficient (Wildman–Crippen LogP) is 4.68. The van der Waals surface area contributed by atoms with E-state index in [0.29, 0.717) is 11.1 Å². The molecule has 1 fully saturated rings. The molecule has 1 aliphatic rings. The lowest BCUT2D eigenvalue weighted by Gasteiger charge is -2.37. The summed E-state index contributed by atoms with van der Waals surface area (Å²) < 4.78 is 69.5. The van der Waals surface area contributed by atoms with E-state index in [1.165, 1.54) is 22.6 Å². The molecular weight excluding hydrogens is 511 g/mol. The van der Waals surface area contributed by atoms with Gasteiger partial charge in [0.1, 0.15) is 11.6 Å². The monoisotopic (exact) mass is 538 g/mol. The van der Waals surface area contributed by atoms with Crippen LogP contribution >= 0.6 is 0 Å². The summed E-state index contributed by atoms with van der Waals surface area (Å²) in [6, 6.07) is 5.79. The predicted molar refractivity (Wildman–Crippen MR) is 134 cm³/mol. The number of nitrogens with zero attached hydrogens (tertiary/aromatic N) is 3. The molecule has 2 aromatic carbocycles. The number of aromatic carboxylic acids is 1. The number of alkyl halides is 3. The van der Waals surface area contributed by atoms with Crippen molar-refractivity contribution in [2.45, 2.75) is 26.1 Å². The Morgan fingerprint density at radius 2 is 1.76 bits per heavy atom. The Bertz CT molecular complexity index is 1450. The number of carboxylic acid groups (broad SMARTS) is 1. The van der Waals surface area contributed by atoms with Crippen molar-refractivity contribution in [1.29, 1.82) is 0 Å². The Balaban J connectivity index is 1.76. The van der Waals surface area contributed by atoms with E-state index in [-0.39, 0.29) is 54.0 Å². The quantitative estimate of drug-likeness (QED) is 0.444. The lowest BCUT2D eigenvalue weighted by molar-refractivity contribution is -0.146. The third-order valence-electron chi connectivity index (χ3n) is 6.71. The Kier molecular flexibility index (Phi) is 7.37. The highest BCUT2D eigenvalue weighted by Gasteiger charge is 2.33. The Labute approximate surface area is 215 Å². The van der Waals surface area contributed by atoms with E-state index in [2.05, 4.69) is 5.32 Å². The first-order valence-electron chi connectivity index (χ1n) is 11.9. The van der Waals surface area contributed by atoms with Crippen LogP contribution in [0.3, 0.4) is 0 Å². The summed E-state index contributed by atoms with van der Waals surface area (Å²) in [5.41, 5.74) is 0.393. The first-order chi connectivity index (χ1) is 17.8. The number of carboxylic acids is 1. The fraction of sp³-hybridized carbons (Fsp3) is 0.385. The van der Waals surface area contributed by atoms with Crippen molar-refractivity contribution in [2.24, 2.45) is 7.05 Å². The highest BCUT2D eigenvalue weighted by Crippen LogP contribution is 2.34. The van der Waals surface area contributed by atoms with Crippen molar-refractivity contribution < 1.29 is 31.9 Å². The van der Waals surface area contributed by atoms with Crippen LogP contribution in [0.5, 0.6) is 0 Å². The van der Waals surface area contributed by atoms with E-state index in [1.54, 1.807) is 30.9 Å². The number of carbonyl (C=O) groups is 1. The normalized spacial score (nSPS) is 15.6. The molecule has 0 bridgehead atoms. The average Bonchev–Trinajstić information content (AvgIpc) is 2.83. The number of benzene rings is 2. The first-order valence-corrected chi connectivity index (χ1v) is 11.9. The van der Waals surface area contributed by atoms with Crippen molar-refractivity contribution in [3.05, 3.63) is 69.0 Å². The van der Waals surface area contributed by atoms with Crippen LogP contribution in [0.2, 0.25) is 0 Å². The zero-order chi connectivity index (χ0) is 27.9. The number of rotatable bonds is 6. The summed E-state index contributed by atoms with van der Waals surface area (Å²) in [6.07, 6.45) is -4.34. The molecule has 1 atom stereocenters. The van der Waals surface area contributed by atoms with Gasteiger partial charge < -0.3 is 15.3 Å². The van der Waals surface area contributed by atoms with Gasteiger partial charge in [0.05, 0.1) is 17.5 Å². The molecule has 7 nitrogen and oxygen atoms in total. The van der Waals surface area contributed by atoms with Crippen LogP contribution < -0.4 is 15.8 Å². The SMILES string of the molecule is Cc1cc([C@@H](C)Nc2ccc(F)cc2C(=O)O)c2c(F)c(N3CCN(CC(F)(F)F)CC3)n(C)c(=O)c2c1. The number of fused-ring (bicyclic) bond motifs is 1. The van der Waals surface area contributed by atoms with Crippen molar-refractivity contribution in [2.75, 3.05) is 42.9 Å². The molecule has 1 aliphatic heterocycles. The first kappa shape index (κ1) is 27.4. The van der Waals surface area contributed by atoms with E-state index < -0.39 is 41.9 Å². The molecule has 3 aromatic rings. The van der Waals surface area contributed by atoms with Gasteiger partial charge in [-0.05, 0) is 49.2 Å². The maximum atomic E-state index is 16.2. The van der Waals surface area contributed by atoms with Gasteiger partial charge in [-0.25, -0.2) is 13.6 Å². The molecule has 0 aliphatic carbocycles. The minimum atomic E-state index is -4.34. The number of pyridine rings is 1. The van der Waals surface area contributed by atoms with Crippen molar-refractivity contribution >= 4 is 28.2 Å². The van der Waals surface area contributed by atoms with Gasteiger partial charge in [-0.3, -0.25) is 14.3 Å². The van der Waals surface area contributed by atoms with Crippen LogP contribution in [-0.4, -0.2) is 59.4 Å². The van der Waals surface area contributed by atoms with E-state index in [4.69, 9.17) is 0 Å². The van der Waals surface area contributed by atoms with Crippen LogP contribution in [0.15, 0.2) is 35.1 Å². The van der Waals surface area contributed by atoms with Crippen LogP contribution in [-0.2, 0) is 7.05 Å². The molecule has 12 heteroatoms. The minimum absolute atomic E-state index is 0.0283. The number of nitrogens with one attached hydrogen (secondary N) is 1. The van der Waals surface area contributed by atoms with Crippen molar-refractivity contribution in [1.82, 2.24) is 9.47 Å². The molecule has 1 saturated heterocycles. The summed E-state index contributed by atoms with van der Waals surface area (Å²) in [5.74, 6) is -2.80. The lowest BCUT2D eigenvalue weighted by Crippen LogP contribution is -2.50. The molecule has 2 N–H and O–H groups in total. The zero-order valence-corrected chi connectivity index (χ0v) is 21.0. The van der Waals surface area contributed by atoms with Crippen LogP contribution in [0.4, 0.5) is 33.5 Å². The highest BCUT2D eigenvalue weighted by molar-refractivity contribution is 5.95. The number of anilines is 2. The molecule has 2 heterocycles. The van der Waals surface area contributed by atoms with E-state index in [1.807, 2.05) is 0 Å². The Hall–Kier alpha value is -3.67. The Morgan fingerprint density at radius 1 is 1.11 bits per heavy atom. The average molecular weight is 539 g/mol. The molecule has 0 saturated carbocycles. The molecule has 0 unspecified atom stereocenters. The number of halogens is 5. The summed E-state index contributed by atoms with van der Waals surface area (Å²) in [4.78, 5) is 27.8. The molecule has 0 spiro atoms. The number of hydrogen-bond donors (Lipinski definition) is 2. The fourth-order valence-corrected chi connectivity index (χ4v) is 4.96. The second kappa shape index (κ2) is 10.2. The van der Waals surface area contributed by atoms with E-state index in [9.17, 15) is 32.3 Å². The standard InChI is InChI=1S/C26H27F5N4O3/c1-14-10-17(15(2)32-20-5-4-16(27)12-18(20)25(37)38)21-19(11-14)24(36)33(3)23(22(21)28)35-8-6-34(7-9-35)13-26(29,30)31/h4-5,10-12,15,32H,6-9,13H2,1-3H3,(H,37,38)/t15-/m1/s1. The topological polar surface area (TPSA) is 77.8 Å². The Morgan fingerprint density at radius 3 is 2.37 bits per heavy atom. The zero-order valence-electron chi connectivity index (χ0n) is 21.0. The third-order valence-corrected chi connectivity index (χ3v) is 6.71. The fourth-order valence-electron chi connectivity index (χ4n) is 4.96. The number of aromatic nitrogens is 1. The van der Waals surface area contributed by atoms with Gasteiger partial charge in [-0.2, -0.15) is 13.2 Å². The summed E-state index contributed by atoms with van der Waals surface area (Å²) in [6.45, 7) is 2.63. The smallest absolute Gasteiger partial charge is 0.401 e. The molecular formula is C26H27F5N4O3. The third kappa shape index (κ3) is 5.45. The van der Waals surface area contributed by atoms with Gasteiger partial charge in [-0.1, -0.05) is 6.07 Å². The van der Waals surface area contributed by atoms with Gasteiger partial charge in [-0.15, -0.1) is 0 Å². The molecule has 0 radical (unpaired) electrons. The van der Waals surface area contributed by atoms with Crippen LogP contribution in [0, 0.1) is 18.6 Å². The maximum absolute atomic E-state index is 16.2. The van der Waals surface area contributed by atoms with Crippen LogP contribution in [0.25, 0.3) is 10.8 Å². The van der Waals surface area contributed by atoms with Gasteiger partial charge >= 0.3 is 12.1 Å². The molecule has 4 rings (SSSR count). The molecule has 38 heavy (non-hydrogen) atoms. The van der Waals surface area contributed by atoms with Crippen LogP contribution in [0.1, 0.15) is 34.5 Å². The van der Waals surface area contributed by atoms with Gasteiger partial charge in [0.15, 0.2) is 5.82 Å². The van der Waals surface area contributed by atoms with E-state index >= 15 is 4.39 Å². The lowest BCUT2D eigenvalue weighted by atomic mass is 9.96. The van der Waals surface area contributed by atoms with Gasteiger partial charge in [0.2, 0.25) is 0 Å². The number of piperazine rings is 1. The molecule has 204 valence electrons. The van der Waals surface area contributed by atoms with Crippen molar-refractivity contribution in [3.63, 3.8) is 0 Å². The maximum Gasteiger partial charge on any atom is 0.401 e. The second-order valence-corrected chi connectivity index (χ2v) is 9.52. The molecule has 0 amide bonds. The summed E-state index contributed by atoms with van der Waals surface area (Å²) >= 11 is 0. The number of hydrogen-bond acceptors (Lipinski definition) is 5. The van der Waals surface area contributed by atoms with Gasteiger partial charge in [0, 0.05) is 50.3 Å². The molecule has 1 aromatic heterocycles. The summed E-state index contributed by atoms with van der Waals surface area (Å²) in [7, 11) is 1.42. The van der Waals surface area contributed by atoms with Crippen molar-refractivity contribution in [3.8, 4) is 0 Å². The number of aryl methyl sites for hydroxylation is 1. The summed E-state index contributed by atoms with van der Waals surface area (Å²) in [5, 5.41) is 12.6. The van der Waals surface area contributed by atoms with Gasteiger partial charge in [0.25, 0.3) is 5.56 Å². The highest BCUT2D eigenvalue weighted by atomic mass is 19.4.